The van der Waals surface area contributed by atoms with Gasteiger partial charge in [-0.1, -0.05) is 60.7 Å². The van der Waals surface area contributed by atoms with Crippen LogP contribution in [0.3, 0.4) is 0 Å². The van der Waals surface area contributed by atoms with Gasteiger partial charge >= 0.3 is 5.97 Å². The Hall–Kier alpha value is -3.92. The normalized spacial score (nSPS) is 11.6. The van der Waals surface area contributed by atoms with Crippen LogP contribution in [0.4, 0.5) is 0 Å². The maximum absolute atomic E-state index is 12.8. The SMILES string of the molecule is COc1cc2ccccc2cc1C(=O)OCC(=O)c1ccc2c(c1)-c1ccccc1C2. The first kappa shape index (κ1) is 19.1. The summed E-state index contributed by atoms with van der Waals surface area (Å²) in [5.74, 6) is -0.395. The molecule has 1 aliphatic carbocycles. The van der Waals surface area contributed by atoms with Gasteiger partial charge in [0.25, 0.3) is 0 Å². The second-order valence-corrected chi connectivity index (χ2v) is 7.60. The third-order valence-electron chi connectivity index (χ3n) is 5.74. The molecule has 0 bridgehead atoms. The van der Waals surface area contributed by atoms with Gasteiger partial charge in [-0.05, 0) is 57.6 Å². The molecule has 0 saturated carbocycles. The van der Waals surface area contributed by atoms with E-state index in [0.29, 0.717) is 16.9 Å². The zero-order valence-corrected chi connectivity index (χ0v) is 17.1. The number of methoxy groups -OCH3 is 1. The van der Waals surface area contributed by atoms with E-state index in [1.165, 1.54) is 18.2 Å². The Morgan fingerprint density at radius 1 is 0.806 bits per heavy atom. The van der Waals surface area contributed by atoms with E-state index < -0.39 is 5.97 Å². The summed E-state index contributed by atoms with van der Waals surface area (Å²) in [4.78, 5) is 25.5. The van der Waals surface area contributed by atoms with Gasteiger partial charge in [0, 0.05) is 5.56 Å². The molecule has 31 heavy (non-hydrogen) atoms. The maximum atomic E-state index is 12.8. The van der Waals surface area contributed by atoms with E-state index in [1.807, 2.05) is 48.5 Å². The highest BCUT2D eigenvalue weighted by atomic mass is 16.5. The van der Waals surface area contributed by atoms with Crippen molar-refractivity contribution < 1.29 is 19.1 Å². The Balaban J connectivity index is 1.35. The quantitative estimate of drug-likeness (QED) is 0.286. The lowest BCUT2D eigenvalue weighted by Gasteiger charge is -2.11. The van der Waals surface area contributed by atoms with Crippen LogP contribution >= 0.6 is 0 Å². The van der Waals surface area contributed by atoms with Crippen LogP contribution in [-0.2, 0) is 11.2 Å². The lowest BCUT2D eigenvalue weighted by atomic mass is 10.0. The highest BCUT2D eigenvalue weighted by Gasteiger charge is 2.21. The van der Waals surface area contributed by atoms with Gasteiger partial charge in [0.15, 0.2) is 12.4 Å². The van der Waals surface area contributed by atoms with Crippen LogP contribution in [0.25, 0.3) is 21.9 Å². The summed E-state index contributed by atoms with van der Waals surface area (Å²) < 4.78 is 10.7. The Labute approximate surface area is 180 Å². The van der Waals surface area contributed by atoms with Crippen molar-refractivity contribution in [3.63, 3.8) is 0 Å². The Bertz CT molecular complexity index is 1340. The van der Waals surface area contributed by atoms with Gasteiger partial charge in [-0.3, -0.25) is 4.79 Å². The van der Waals surface area contributed by atoms with Gasteiger partial charge in [-0.25, -0.2) is 4.79 Å². The summed E-state index contributed by atoms with van der Waals surface area (Å²) >= 11 is 0. The summed E-state index contributed by atoms with van der Waals surface area (Å²) in [6, 6.07) is 25.1. The van der Waals surface area contributed by atoms with Gasteiger partial charge in [-0.15, -0.1) is 0 Å². The van der Waals surface area contributed by atoms with Crippen LogP contribution in [0, 0.1) is 0 Å². The fourth-order valence-electron chi connectivity index (χ4n) is 4.14. The lowest BCUT2D eigenvalue weighted by Crippen LogP contribution is -2.15. The number of fused-ring (bicyclic) bond motifs is 4. The van der Waals surface area contributed by atoms with Crippen LogP contribution in [0.5, 0.6) is 5.75 Å². The predicted octanol–water partition coefficient (Wildman–Crippen LogP) is 5.46. The molecule has 0 N–H and O–H groups in total. The van der Waals surface area contributed by atoms with Crippen LogP contribution < -0.4 is 4.74 Å². The van der Waals surface area contributed by atoms with E-state index in [-0.39, 0.29) is 12.4 Å². The first-order chi connectivity index (χ1) is 15.1. The Kier molecular flexibility index (Phi) is 4.75. The van der Waals surface area contributed by atoms with E-state index >= 15 is 0 Å². The van der Waals surface area contributed by atoms with Crippen molar-refractivity contribution in [2.75, 3.05) is 13.7 Å². The molecule has 0 fully saturated rings. The molecule has 0 unspecified atom stereocenters. The molecule has 152 valence electrons. The van der Waals surface area contributed by atoms with Crippen molar-refractivity contribution in [3.05, 3.63) is 101 Å². The molecule has 4 nitrogen and oxygen atoms in total. The molecule has 0 saturated heterocycles. The second kappa shape index (κ2) is 7.73. The summed E-state index contributed by atoms with van der Waals surface area (Å²) in [6.07, 6.45) is 0.872. The van der Waals surface area contributed by atoms with Gasteiger partial charge in [-0.2, -0.15) is 0 Å². The zero-order chi connectivity index (χ0) is 21.4. The van der Waals surface area contributed by atoms with Crippen LogP contribution in [0.2, 0.25) is 0 Å². The first-order valence-electron chi connectivity index (χ1n) is 10.1. The molecule has 0 aromatic heterocycles. The molecule has 0 spiro atoms. The van der Waals surface area contributed by atoms with Crippen LogP contribution in [-0.4, -0.2) is 25.5 Å². The van der Waals surface area contributed by atoms with E-state index in [1.54, 1.807) is 18.2 Å². The van der Waals surface area contributed by atoms with Crippen LogP contribution in [0.1, 0.15) is 31.8 Å². The number of ketones is 1. The van der Waals surface area contributed by atoms with E-state index in [2.05, 4.69) is 12.1 Å². The number of rotatable bonds is 5. The highest BCUT2D eigenvalue weighted by Crippen LogP contribution is 2.37. The summed E-state index contributed by atoms with van der Waals surface area (Å²) in [5.41, 5.74) is 5.53. The number of hydrogen-bond acceptors (Lipinski definition) is 4. The Morgan fingerprint density at radius 2 is 1.52 bits per heavy atom. The highest BCUT2D eigenvalue weighted by molar-refractivity contribution is 6.02. The molecule has 0 aliphatic heterocycles. The maximum Gasteiger partial charge on any atom is 0.342 e. The number of benzene rings is 4. The average Bonchev–Trinajstić information content (AvgIpc) is 3.19. The van der Waals surface area contributed by atoms with E-state index in [9.17, 15) is 9.59 Å². The molecular formula is C27H20O4. The standard InChI is InChI=1S/C27H20O4/c1-30-26-15-18-7-3-2-6-17(18)13-24(26)27(29)31-16-25(28)21-11-10-20-12-19-8-4-5-9-22(19)23(20)14-21/h2-11,13-15H,12,16H2,1H3. The monoisotopic (exact) mass is 408 g/mol. The van der Waals surface area contributed by atoms with Gasteiger partial charge in [0.2, 0.25) is 0 Å². The number of Topliss-reactive ketones (excluding diaryl/α,β-unsaturated/α-hetero) is 1. The number of carbonyl (C=O) groups is 2. The minimum absolute atomic E-state index is 0.236. The van der Waals surface area contributed by atoms with Crippen LogP contribution in [0.15, 0.2) is 78.9 Å². The first-order valence-corrected chi connectivity index (χ1v) is 10.1. The fraction of sp³-hybridized carbons (Fsp3) is 0.111. The molecule has 0 atom stereocenters. The largest absolute Gasteiger partial charge is 0.496 e. The van der Waals surface area contributed by atoms with Gasteiger partial charge in [0.05, 0.1) is 7.11 Å². The van der Waals surface area contributed by atoms with Gasteiger partial charge in [0.1, 0.15) is 11.3 Å². The van der Waals surface area contributed by atoms with E-state index in [4.69, 9.17) is 9.47 Å². The Morgan fingerprint density at radius 3 is 2.32 bits per heavy atom. The number of ether oxygens (including phenoxy) is 2. The van der Waals surface area contributed by atoms with Crippen molar-refractivity contribution in [3.8, 4) is 16.9 Å². The molecule has 1 aliphatic rings. The summed E-state index contributed by atoms with van der Waals surface area (Å²) in [6.45, 7) is -0.324. The minimum atomic E-state index is -0.581. The average molecular weight is 408 g/mol. The van der Waals surface area contributed by atoms with Crippen molar-refractivity contribution >= 4 is 22.5 Å². The third-order valence-corrected chi connectivity index (χ3v) is 5.74. The molecule has 4 heteroatoms. The fourth-order valence-corrected chi connectivity index (χ4v) is 4.14. The molecule has 0 heterocycles. The zero-order valence-electron chi connectivity index (χ0n) is 17.1. The molecule has 0 amide bonds. The molecular weight excluding hydrogens is 388 g/mol. The van der Waals surface area contributed by atoms with Crippen molar-refractivity contribution in [1.29, 1.82) is 0 Å². The van der Waals surface area contributed by atoms with E-state index in [0.717, 1.165) is 28.3 Å². The predicted molar refractivity (Wildman–Crippen MR) is 120 cm³/mol. The van der Waals surface area contributed by atoms with Gasteiger partial charge < -0.3 is 9.47 Å². The third kappa shape index (κ3) is 3.46. The molecule has 5 rings (SSSR count). The smallest absolute Gasteiger partial charge is 0.342 e. The molecule has 0 radical (unpaired) electrons. The van der Waals surface area contributed by atoms with Crippen molar-refractivity contribution in [2.24, 2.45) is 0 Å². The second-order valence-electron chi connectivity index (χ2n) is 7.60. The number of hydrogen-bond donors (Lipinski definition) is 0. The van der Waals surface area contributed by atoms with Crippen molar-refractivity contribution in [1.82, 2.24) is 0 Å². The topological polar surface area (TPSA) is 52.6 Å². The summed E-state index contributed by atoms with van der Waals surface area (Å²) in [7, 11) is 1.51. The summed E-state index contributed by atoms with van der Waals surface area (Å²) in [5, 5.41) is 1.87. The lowest BCUT2D eigenvalue weighted by molar-refractivity contribution is 0.0472. The number of esters is 1. The minimum Gasteiger partial charge on any atom is -0.496 e. The molecule has 4 aromatic rings. The number of carbonyl (C=O) groups excluding carboxylic acids is 2. The van der Waals surface area contributed by atoms with Crippen molar-refractivity contribution in [2.45, 2.75) is 6.42 Å². The molecule has 4 aromatic carbocycles.